The monoisotopic (exact) mass is 485 g/mol. The highest BCUT2D eigenvalue weighted by Crippen LogP contribution is 2.55. The van der Waals surface area contributed by atoms with E-state index in [1.807, 2.05) is 0 Å². The lowest BCUT2D eigenvalue weighted by atomic mass is 9.75. The Hall–Kier alpha value is -3.16. The molecule has 0 spiro atoms. The normalized spacial score (nSPS) is 29.0. The Morgan fingerprint density at radius 2 is 1.91 bits per heavy atom. The number of aryl methyl sites for hydroxylation is 1. The average Bonchev–Trinajstić information content (AvgIpc) is 2.98. The molecule has 2 unspecified atom stereocenters. The van der Waals surface area contributed by atoms with Crippen LogP contribution in [0.5, 0.6) is 0 Å². The zero-order valence-corrected chi connectivity index (χ0v) is 18.5. The topological polar surface area (TPSA) is 152 Å². The molecule has 0 aliphatic carbocycles. The molecule has 3 rings (SSSR count). The van der Waals surface area contributed by atoms with Gasteiger partial charge in [0.2, 0.25) is 17.2 Å². The number of halogens is 3. The standard InChI is InChI=1S/C21H22F3N3O7/c1-10-9-27(17(31)26-14(10)29)15-12(22)19(32,13(28)11-6-5-7-25-8-11)21(24,34-15)20(23,33)16(30)18(2,3)4/h5-9,12,15,32-33H,1-4H3,(H,26,29,31)/t12?,15-,19-,20?,21+/m1/s1. The fourth-order valence-corrected chi connectivity index (χ4v) is 3.63. The second-order valence-corrected chi connectivity index (χ2v) is 9.02. The number of aromatic amines is 1. The number of Topliss-reactive ketones (excluding diaryl/α,β-unsaturated/α-hetero) is 2. The van der Waals surface area contributed by atoms with E-state index in [4.69, 9.17) is 4.74 Å². The van der Waals surface area contributed by atoms with Gasteiger partial charge in [-0.3, -0.25) is 28.9 Å². The number of alkyl halides is 3. The largest absolute Gasteiger partial charge is 0.374 e. The summed E-state index contributed by atoms with van der Waals surface area (Å²) < 4.78 is 52.7. The number of hydrogen-bond donors (Lipinski definition) is 3. The molecular formula is C21H22F3N3O7. The van der Waals surface area contributed by atoms with Crippen LogP contribution in [0.2, 0.25) is 0 Å². The molecule has 3 N–H and O–H groups in total. The van der Waals surface area contributed by atoms with E-state index in [0.29, 0.717) is 0 Å². The third-order valence-corrected chi connectivity index (χ3v) is 5.52. The molecular weight excluding hydrogens is 463 g/mol. The first kappa shape index (κ1) is 25.5. The zero-order valence-electron chi connectivity index (χ0n) is 18.5. The van der Waals surface area contributed by atoms with Crippen molar-refractivity contribution < 1.29 is 37.7 Å². The second-order valence-electron chi connectivity index (χ2n) is 9.02. The smallest absolute Gasteiger partial charge is 0.330 e. The summed E-state index contributed by atoms with van der Waals surface area (Å²) in [6, 6.07) is 2.17. The fraction of sp³-hybridized carbons (Fsp3) is 0.476. The second kappa shape index (κ2) is 7.96. The van der Waals surface area contributed by atoms with Crippen molar-refractivity contribution in [2.45, 2.75) is 57.4 Å². The van der Waals surface area contributed by atoms with Crippen LogP contribution in [0.3, 0.4) is 0 Å². The summed E-state index contributed by atoms with van der Waals surface area (Å²) in [6.07, 6.45) is -3.10. The first-order valence-corrected chi connectivity index (χ1v) is 9.96. The van der Waals surface area contributed by atoms with Gasteiger partial charge in [0.05, 0.1) is 0 Å². The Morgan fingerprint density at radius 3 is 2.44 bits per heavy atom. The highest BCUT2D eigenvalue weighted by atomic mass is 19.2. The summed E-state index contributed by atoms with van der Waals surface area (Å²) in [5.74, 6) is -13.2. The molecule has 184 valence electrons. The molecule has 0 amide bonds. The number of aliphatic hydroxyl groups is 2. The maximum atomic E-state index is 16.4. The molecule has 2 aromatic rings. The molecule has 0 aromatic carbocycles. The first-order chi connectivity index (χ1) is 15.5. The van der Waals surface area contributed by atoms with Crippen LogP contribution in [0.15, 0.2) is 40.3 Å². The Labute approximate surface area is 190 Å². The van der Waals surface area contributed by atoms with Gasteiger partial charge in [0.15, 0.2) is 12.4 Å². The minimum absolute atomic E-state index is 0.185. The number of ether oxygens (including phenoxy) is 1. The van der Waals surface area contributed by atoms with Crippen LogP contribution in [0, 0.1) is 12.3 Å². The maximum Gasteiger partial charge on any atom is 0.330 e. The van der Waals surface area contributed by atoms with Gasteiger partial charge in [0.25, 0.3) is 5.56 Å². The Balaban J connectivity index is 2.30. The number of hydrogen-bond acceptors (Lipinski definition) is 8. The highest BCUT2D eigenvalue weighted by molar-refractivity contribution is 6.05. The van der Waals surface area contributed by atoms with Gasteiger partial charge in [-0.25, -0.2) is 13.6 Å². The van der Waals surface area contributed by atoms with E-state index < -0.39 is 63.5 Å². The van der Waals surface area contributed by atoms with Crippen molar-refractivity contribution >= 4 is 11.6 Å². The van der Waals surface area contributed by atoms with Gasteiger partial charge in [-0.05, 0) is 19.1 Å². The first-order valence-electron chi connectivity index (χ1n) is 9.96. The van der Waals surface area contributed by atoms with Crippen molar-refractivity contribution in [3.05, 3.63) is 62.7 Å². The number of nitrogens with zero attached hydrogens (tertiary/aromatic N) is 2. The van der Waals surface area contributed by atoms with Crippen molar-refractivity contribution in [1.29, 1.82) is 0 Å². The van der Waals surface area contributed by atoms with E-state index in [2.05, 4.69) is 4.98 Å². The molecule has 34 heavy (non-hydrogen) atoms. The maximum absolute atomic E-state index is 16.4. The lowest BCUT2D eigenvalue weighted by Gasteiger charge is -2.40. The van der Waals surface area contributed by atoms with Gasteiger partial charge in [-0.1, -0.05) is 20.8 Å². The predicted octanol–water partition coefficient (Wildman–Crippen LogP) is 0.660. The highest BCUT2D eigenvalue weighted by Gasteiger charge is 2.82. The predicted molar refractivity (Wildman–Crippen MR) is 109 cm³/mol. The summed E-state index contributed by atoms with van der Waals surface area (Å²) in [5.41, 5.74) is -8.99. The fourth-order valence-electron chi connectivity index (χ4n) is 3.63. The summed E-state index contributed by atoms with van der Waals surface area (Å²) in [6.45, 7) is 4.49. The van der Waals surface area contributed by atoms with Gasteiger partial charge >= 0.3 is 17.4 Å². The summed E-state index contributed by atoms with van der Waals surface area (Å²) in [4.78, 5) is 55.0. The van der Waals surface area contributed by atoms with Crippen molar-refractivity contribution in [2.75, 3.05) is 0 Å². The number of carbonyl (C=O) groups excluding carboxylic acids is 2. The van der Waals surface area contributed by atoms with Gasteiger partial charge in [0, 0.05) is 35.1 Å². The molecule has 0 bridgehead atoms. The molecule has 1 aliphatic heterocycles. The van der Waals surface area contributed by atoms with Crippen molar-refractivity contribution in [2.24, 2.45) is 5.41 Å². The summed E-state index contributed by atoms with van der Waals surface area (Å²) >= 11 is 0. The van der Waals surface area contributed by atoms with E-state index in [-0.39, 0.29) is 10.1 Å². The Kier molecular flexibility index (Phi) is 5.96. The summed E-state index contributed by atoms with van der Waals surface area (Å²) in [7, 11) is 0. The third kappa shape index (κ3) is 3.51. The van der Waals surface area contributed by atoms with Gasteiger partial charge < -0.3 is 14.9 Å². The van der Waals surface area contributed by atoms with E-state index in [1.54, 1.807) is 4.98 Å². The molecule has 3 heterocycles. The van der Waals surface area contributed by atoms with Crippen molar-refractivity contribution in [3.8, 4) is 0 Å². The minimum atomic E-state index is -4.77. The number of rotatable bonds is 5. The van der Waals surface area contributed by atoms with Crippen LogP contribution in [0.1, 0.15) is 42.9 Å². The van der Waals surface area contributed by atoms with Crippen LogP contribution in [0.25, 0.3) is 0 Å². The summed E-state index contributed by atoms with van der Waals surface area (Å²) in [5, 5.41) is 21.5. The Bertz CT molecular complexity index is 1250. The molecule has 10 nitrogen and oxygen atoms in total. The number of carbonyl (C=O) groups is 2. The average molecular weight is 485 g/mol. The quantitative estimate of drug-likeness (QED) is 0.523. The van der Waals surface area contributed by atoms with Gasteiger partial charge in [-0.15, -0.1) is 0 Å². The van der Waals surface area contributed by atoms with E-state index in [9.17, 15) is 29.4 Å². The van der Waals surface area contributed by atoms with Crippen LogP contribution >= 0.6 is 0 Å². The zero-order chi connectivity index (χ0) is 25.9. The van der Waals surface area contributed by atoms with E-state index in [0.717, 1.165) is 39.2 Å². The molecule has 1 fully saturated rings. The molecule has 13 heteroatoms. The molecule has 2 aromatic heterocycles. The molecule has 5 atom stereocenters. The number of ketones is 2. The molecule has 1 aliphatic rings. The Morgan fingerprint density at radius 1 is 1.29 bits per heavy atom. The van der Waals surface area contributed by atoms with E-state index >= 15 is 13.2 Å². The molecule has 0 radical (unpaired) electrons. The molecule has 0 saturated carbocycles. The number of H-pyrrole nitrogens is 1. The SMILES string of the molecule is Cc1cn([C@@H]2O[C@](F)(C(O)(F)C(=O)C(C)(C)C)[C@](O)(C(=O)c3cccnc3)C2F)c(=O)[nH]c1=O. The van der Waals surface area contributed by atoms with Crippen molar-refractivity contribution in [1.82, 2.24) is 14.5 Å². The van der Waals surface area contributed by atoms with Crippen LogP contribution in [-0.4, -0.2) is 59.8 Å². The van der Waals surface area contributed by atoms with Crippen LogP contribution in [0.4, 0.5) is 13.2 Å². The minimum Gasteiger partial charge on any atom is -0.374 e. The number of nitrogens with one attached hydrogen (secondary N) is 1. The van der Waals surface area contributed by atoms with Crippen molar-refractivity contribution in [3.63, 3.8) is 0 Å². The van der Waals surface area contributed by atoms with Gasteiger partial charge in [0.1, 0.15) is 0 Å². The number of aromatic nitrogens is 3. The lowest BCUT2D eigenvalue weighted by Crippen LogP contribution is -2.70. The lowest BCUT2D eigenvalue weighted by molar-refractivity contribution is -0.327. The van der Waals surface area contributed by atoms with Crippen LogP contribution < -0.4 is 11.2 Å². The van der Waals surface area contributed by atoms with Gasteiger partial charge in [-0.2, -0.15) is 4.39 Å². The number of pyridine rings is 1. The van der Waals surface area contributed by atoms with E-state index in [1.165, 1.54) is 19.2 Å². The molecule has 1 saturated heterocycles. The third-order valence-electron chi connectivity index (χ3n) is 5.52. The van der Waals surface area contributed by atoms with Crippen LogP contribution in [-0.2, 0) is 9.53 Å².